The number of carboxylic acids is 2. The molecule has 37 heavy (non-hydrogen) atoms. The van der Waals surface area contributed by atoms with Crippen LogP contribution >= 0.6 is 0 Å². The lowest BCUT2D eigenvalue weighted by molar-refractivity contribution is -0.133. The van der Waals surface area contributed by atoms with E-state index in [2.05, 4.69) is 51.6 Å². The summed E-state index contributed by atoms with van der Waals surface area (Å²) in [5.74, 6) is -2.05. The summed E-state index contributed by atoms with van der Waals surface area (Å²) in [7, 11) is 1.97. The zero-order chi connectivity index (χ0) is 26.4. The molecule has 4 N–H and O–H groups in total. The van der Waals surface area contributed by atoms with Gasteiger partial charge in [0.15, 0.2) is 0 Å². The van der Waals surface area contributed by atoms with Crippen LogP contribution in [0.2, 0.25) is 0 Å². The number of rotatable bonds is 10. The van der Waals surface area contributed by atoms with E-state index in [-0.39, 0.29) is 23.2 Å². The molecule has 0 saturated carbocycles. The second-order valence-electron chi connectivity index (χ2n) is 9.32. The zero-order valence-corrected chi connectivity index (χ0v) is 21.2. The van der Waals surface area contributed by atoms with Crippen molar-refractivity contribution in [2.24, 2.45) is 0 Å². The molecule has 0 saturated heterocycles. The zero-order valence-electron chi connectivity index (χ0n) is 21.2. The van der Waals surface area contributed by atoms with Crippen LogP contribution in [0.25, 0.3) is 0 Å². The largest absolute Gasteiger partial charge is 0.478 e. The first-order valence-electron chi connectivity index (χ1n) is 12.6. The van der Waals surface area contributed by atoms with Crippen molar-refractivity contribution in [3.05, 3.63) is 101 Å². The van der Waals surface area contributed by atoms with Gasteiger partial charge in [-0.25, -0.2) is 9.59 Å². The Morgan fingerprint density at radius 2 is 1.76 bits per heavy atom. The van der Waals surface area contributed by atoms with E-state index in [1.165, 1.54) is 6.08 Å². The second-order valence-corrected chi connectivity index (χ2v) is 9.32. The van der Waals surface area contributed by atoms with Crippen molar-refractivity contribution < 1.29 is 19.8 Å². The number of carbonyl (C=O) groups is 2. The van der Waals surface area contributed by atoms with Crippen LogP contribution < -0.4 is 15.5 Å². The quantitative estimate of drug-likeness (QED) is 0.359. The van der Waals surface area contributed by atoms with Gasteiger partial charge in [-0.05, 0) is 48.9 Å². The number of nitrogens with zero attached hydrogens (tertiary/aromatic N) is 2. The van der Waals surface area contributed by atoms with Crippen LogP contribution in [-0.4, -0.2) is 59.3 Å². The standard InChI is InChI=1S/C29H34N4O4/c1-3-4-8-14-33(22-9-6-5-7-10-22)23-12-15-32(2)27(19-23)26-18-21(29(36)37)17-25(31-26)24-16-20(28(34)35)11-13-30-24/h5-7,9-12,15-19,26-27,30-31H,3-4,8,13-14H2,1-2H3,(H,34,35)(H,36,37). The summed E-state index contributed by atoms with van der Waals surface area (Å²) in [6.45, 7) is 3.42. The third kappa shape index (κ3) is 6.14. The molecular formula is C29H34N4O4. The van der Waals surface area contributed by atoms with Crippen molar-refractivity contribution in [1.82, 2.24) is 15.5 Å². The van der Waals surface area contributed by atoms with Crippen molar-refractivity contribution in [3.8, 4) is 0 Å². The van der Waals surface area contributed by atoms with E-state index in [1.54, 1.807) is 18.2 Å². The minimum absolute atomic E-state index is 0.161. The molecule has 0 bridgehead atoms. The van der Waals surface area contributed by atoms with Crippen molar-refractivity contribution >= 4 is 17.6 Å². The molecule has 3 heterocycles. The predicted octanol–water partition coefficient (Wildman–Crippen LogP) is 3.76. The van der Waals surface area contributed by atoms with Gasteiger partial charge in [0.2, 0.25) is 0 Å². The van der Waals surface area contributed by atoms with Crippen molar-refractivity contribution in [2.45, 2.75) is 38.3 Å². The lowest BCUT2D eigenvalue weighted by Gasteiger charge is -2.38. The van der Waals surface area contributed by atoms with Crippen LogP contribution in [0.3, 0.4) is 0 Å². The Bertz CT molecular complexity index is 1210. The Morgan fingerprint density at radius 3 is 2.46 bits per heavy atom. The number of dihydropyridines is 2. The smallest absolute Gasteiger partial charge is 0.335 e. The van der Waals surface area contributed by atoms with Gasteiger partial charge in [-0.15, -0.1) is 0 Å². The number of allylic oxidation sites excluding steroid dienone is 1. The van der Waals surface area contributed by atoms with Gasteiger partial charge in [0.25, 0.3) is 0 Å². The molecule has 0 amide bonds. The topological polar surface area (TPSA) is 105 Å². The van der Waals surface area contributed by atoms with Gasteiger partial charge in [-0.2, -0.15) is 0 Å². The van der Waals surface area contributed by atoms with E-state index in [1.807, 2.05) is 31.4 Å². The van der Waals surface area contributed by atoms with Gasteiger partial charge in [-0.3, -0.25) is 0 Å². The lowest BCUT2D eigenvalue weighted by atomic mass is 9.95. The molecular weight excluding hydrogens is 468 g/mol. The minimum atomic E-state index is -1.03. The number of unbranched alkanes of at least 4 members (excludes halogenated alkanes) is 2. The Balaban J connectivity index is 1.66. The highest BCUT2D eigenvalue weighted by Gasteiger charge is 2.30. The normalized spacial score (nSPS) is 20.9. The summed E-state index contributed by atoms with van der Waals surface area (Å²) in [6.07, 6.45) is 16.0. The number of carboxylic acid groups (broad SMARTS) is 2. The molecule has 3 aliphatic heterocycles. The fourth-order valence-electron chi connectivity index (χ4n) is 4.70. The number of aliphatic carboxylic acids is 2. The Morgan fingerprint density at radius 1 is 1.03 bits per heavy atom. The summed E-state index contributed by atoms with van der Waals surface area (Å²) >= 11 is 0. The average Bonchev–Trinajstić information content (AvgIpc) is 2.92. The highest BCUT2D eigenvalue weighted by molar-refractivity contribution is 5.92. The van der Waals surface area contributed by atoms with Crippen LogP contribution in [0.4, 0.5) is 5.69 Å². The highest BCUT2D eigenvalue weighted by atomic mass is 16.4. The maximum absolute atomic E-state index is 12.0. The summed E-state index contributed by atoms with van der Waals surface area (Å²) < 4.78 is 0. The van der Waals surface area contributed by atoms with Crippen molar-refractivity contribution in [2.75, 3.05) is 25.0 Å². The second kappa shape index (κ2) is 11.7. The Hall–Kier alpha value is -4.20. The van der Waals surface area contributed by atoms with E-state index in [9.17, 15) is 19.8 Å². The van der Waals surface area contributed by atoms with Crippen LogP contribution in [0.1, 0.15) is 26.2 Å². The van der Waals surface area contributed by atoms with Crippen LogP contribution in [-0.2, 0) is 9.59 Å². The first kappa shape index (κ1) is 25.9. The fraction of sp³-hybridized carbons (Fsp3) is 0.310. The van der Waals surface area contributed by atoms with E-state index in [0.29, 0.717) is 17.9 Å². The first-order chi connectivity index (χ1) is 17.9. The third-order valence-corrected chi connectivity index (χ3v) is 6.70. The number of hydrogen-bond acceptors (Lipinski definition) is 6. The van der Waals surface area contributed by atoms with E-state index in [4.69, 9.17) is 0 Å². The van der Waals surface area contributed by atoms with Gasteiger partial charge < -0.3 is 30.6 Å². The molecule has 0 aromatic heterocycles. The van der Waals surface area contributed by atoms with Gasteiger partial charge in [0, 0.05) is 37.7 Å². The molecule has 0 fully saturated rings. The molecule has 3 aliphatic rings. The molecule has 2 unspecified atom stereocenters. The van der Waals surface area contributed by atoms with Gasteiger partial charge in [0.05, 0.1) is 34.6 Å². The summed E-state index contributed by atoms with van der Waals surface area (Å²) in [4.78, 5) is 27.9. The lowest BCUT2D eigenvalue weighted by Crippen LogP contribution is -2.48. The maximum Gasteiger partial charge on any atom is 0.335 e. The molecule has 8 heteroatoms. The number of nitrogens with one attached hydrogen (secondary N) is 2. The summed E-state index contributed by atoms with van der Waals surface area (Å²) in [5, 5.41) is 25.9. The molecule has 194 valence electrons. The number of hydrogen-bond donors (Lipinski definition) is 4. The molecule has 4 rings (SSSR count). The molecule has 1 aromatic rings. The summed E-state index contributed by atoms with van der Waals surface area (Å²) in [6, 6.07) is 9.75. The number of benzene rings is 1. The number of para-hydroxylation sites is 1. The minimum Gasteiger partial charge on any atom is -0.478 e. The average molecular weight is 503 g/mol. The van der Waals surface area contributed by atoms with E-state index < -0.39 is 11.9 Å². The van der Waals surface area contributed by atoms with Gasteiger partial charge in [0.1, 0.15) is 0 Å². The SMILES string of the molecule is CCCCCN(C1=CC(C2C=C(C(=O)O)C=C(C3=CC(C(=O)O)=CCN3)N2)N(C)C=C1)c1ccccc1. The molecule has 0 spiro atoms. The molecule has 0 radical (unpaired) electrons. The molecule has 0 aliphatic carbocycles. The van der Waals surface area contributed by atoms with E-state index in [0.717, 1.165) is 37.2 Å². The highest BCUT2D eigenvalue weighted by Crippen LogP contribution is 2.28. The molecule has 8 nitrogen and oxygen atoms in total. The monoisotopic (exact) mass is 502 g/mol. The summed E-state index contributed by atoms with van der Waals surface area (Å²) in [5.41, 5.74) is 3.61. The molecule has 2 atom stereocenters. The fourth-order valence-corrected chi connectivity index (χ4v) is 4.70. The van der Waals surface area contributed by atoms with E-state index >= 15 is 0 Å². The Kier molecular flexibility index (Phi) is 8.18. The Labute approximate surface area is 217 Å². The van der Waals surface area contributed by atoms with Crippen molar-refractivity contribution in [3.63, 3.8) is 0 Å². The van der Waals surface area contributed by atoms with Crippen LogP contribution in [0.15, 0.2) is 101 Å². The maximum atomic E-state index is 12.0. The van der Waals surface area contributed by atoms with Gasteiger partial charge >= 0.3 is 11.9 Å². The van der Waals surface area contributed by atoms with Gasteiger partial charge in [-0.1, -0.05) is 44.0 Å². The third-order valence-electron chi connectivity index (χ3n) is 6.70. The van der Waals surface area contributed by atoms with Crippen molar-refractivity contribution in [1.29, 1.82) is 0 Å². The molecule has 1 aromatic carbocycles. The number of likely N-dealkylation sites (N-methyl/N-ethyl adjacent to an activating group) is 1. The number of anilines is 1. The predicted molar refractivity (Wildman–Crippen MR) is 145 cm³/mol. The van der Waals surface area contributed by atoms with Crippen LogP contribution in [0.5, 0.6) is 0 Å². The first-order valence-corrected chi connectivity index (χ1v) is 12.6. The van der Waals surface area contributed by atoms with Crippen LogP contribution in [0, 0.1) is 0 Å².